The second-order valence-corrected chi connectivity index (χ2v) is 6.59. The molecule has 4 nitrogen and oxygen atoms in total. The molecular weight excluding hydrogens is 238 g/mol. The lowest BCUT2D eigenvalue weighted by atomic mass is 9.76. The Balaban J connectivity index is 2.00. The first-order valence-corrected chi connectivity index (χ1v) is 7.78. The summed E-state index contributed by atoms with van der Waals surface area (Å²) in [5.74, 6) is 0.777. The van der Waals surface area contributed by atoms with Crippen LogP contribution in [-0.2, 0) is 4.79 Å². The topological polar surface area (TPSA) is 49.6 Å². The van der Waals surface area contributed by atoms with Gasteiger partial charge in [0.05, 0.1) is 5.54 Å². The summed E-state index contributed by atoms with van der Waals surface area (Å²) in [7, 11) is 0. The molecule has 2 fully saturated rings. The zero-order valence-electron chi connectivity index (χ0n) is 12.7. The van der Waals surface area contributed by atoms with Crippen LogP contribution in [0.2, 0.25) is 0 Å². The summed E-state index contributed by atoms with van der Waals surface area (Å²) in [5, 5.41) is 0. The van der Waals surface area contributed by atoms with E-state index < -0.39 is 5.54 Å². The second-order valence-electron chi connectivity index (χ2n) is 6.59. The molecule has 2 N–H and O–H groups in total. The second kappa shape index (κ2) is 5.80. The number of likely N-dealkylation sites (N-methyl/N-ethyl adjacent to an activating group) is 1. The van der Waals surface area contributed by atoms with Crippen molar-refractivity contribution in [1.29, 1.82) is 0 Å². The fourth-order valence-corrected chi connectivity index (χ4v) is 3.75. The summed E-state index contributed by atoms with van der Waals surface area (Å²) in [5.41, 5.74) is 5.84. The van der Waals surface area contributed by atoms with E-state index in [1.807, 2.05) is 4.90 Å². The Morgan fingerprint density at radius 3 is 2.68 bits per heavy atom. The third-order valence-electron chi connectivity index (χ3n) is 4.92. The normalized spacial score (nSPS) is 37.4. The van der Waals surface area contributed by atoms with Crippen molar-refractivity contribution in [3.8, 4) is 0 Å². The van der Waals surface area contributed by atoms with Gasteiger partial charge in [-0.05, 0) is 32.2 Å². The predicted molar refractivity (Wildman–Crippen MR) is 77.8 cm³/mol. The fraction of sp³-hybridized carbons (Fsp3) is 0.933. The molecule has 110 valence electrons. The van der Waals surface area contributed by atoms with Crippen LogP contribution in [0.15, 0.2) is 0 Å². The van der Waals surface area contributed by atoms with Gasteiger partial charge in [-0.25, -0.2) is 0 Å². The number of carbonyl (C=O) groups is 1. The lowest BCUT2D eigenvalue weighted by Crippen LogP contribution is -2.62. The van der Waals surface area contributed by atoms with Crippen molar-refractivity contribution in [3.05, 3.63) is 0 Å². The Bertz CT molecular complexity index is 333. The van der Waals surface area contributed by atoms with Crippen LogP contribution < -0.4 is 5.73 Å². The van der Waals surface area contributed by atoms with Gasteiger partial charge in [0, 0.05) is 25.7 Å². The molecule has 3 unspecified atom stereocenters. The quantitative estimate of drug-likeness (QED) is 0.824. The molecule has 1 aliphatic heterocycles. The molecule has 1 aliphatic carbocycles. The van der Waals surface area contributed by atoms with Crippen molar-refractivity contribution in [2.75, 3.05) is 26.2 Å². The number of carbonyl (C=O) groups excluding carboxylic acids is 1. The molecule has 0 aromatic carbocycles. The van der Waals surface area contributed by atoms with Crippen LogP contribution in [0.1, 0.15) is 46.5 Å². The molecule has 0 bridgehead atoms. The molecule has 2 rings (SSSR count). The van der Waals surface area contributed by atoms with E-state index in [1.54, 1.807) is 0 Å². The molecule has 0 radical (unpaired) electrons. The first-order chi connectivity index (χ1) is 8.96. The SMILES string of the molecule is CCN1CCN(C(=O)C2(N)CCCC(C)C2)CC1C. The summed E-state index contributed by atoms with van der Waals surface area (Å²) >= 11 is 0. The molecule has 3 atom stereocenters. The van der Waals surface area contributed by atoms with E-state index in [0.29, 0.717) is 12.0 Å². The van der Waals surface area contributed by atoms with Crippen molar-refractivity contribution >= 4 is 5.91 Å². The van der Waals surface area contributed by atoms with Crippen molar-refractivity contribution in [2.24, 2.45) is 11.7 Å². The Morgan fingerprint density at radius 1 is 1.37 bits per heavy atom. The highest BCUT2D eigenvalue weighted by Crippen LogP contribution is 2.32. The van der Waals surface area contributed by atoms with Crippen LogP contribution in [0.25, 0.3) is 0 Å². The van der Waals surface area contributed by atoms with Crippen LogP contribution >= 0.6 is 0 Å². The smallest absolute Gasteiger partial charge is 0.242 e. The molecule has 0 spiro atoms. The minimum Gasteiger partial charge on any atom is -0.338 e. The molecule has 0 aromatic heterocycles. The number of nitrogens with two attached hydrogens (primary N) is 1. The number of amides is 1. The molecule has 4 heteroatoms. The van der Waals surface area contributed by atoms with E-state index in [9.17, 15) is 4.79 Å². The number of hydrogen-bond donors (Lipinski definition) is 1. The Labute approximate surface area is 117 Å². The van der Waals surface area contributed by atoms with E-state index in [-0.39, 0.29) is 5.91 Å². The number of hydrogen-bond acceptors (Lipinski definition) is 3. The van der Waals surface area contributed by atoms with E-state index in [1.165, 1.54) is 6.42 Å². The van der Waals surface area contributed by atoms with Crippen LogP contribution in [0.3, 0.4) is 0 Å². The third-order valence-corrected chi connectivity index (χ3v) is 4.92. The van der Waals surface area contributed by atoms with Gasteiger partial charge in [-0.1, -0.05) is 26.7 Å². The summed E-state index contributed by atoms with van der Waals surface area (Å²) in [6, 6.07) is 0.451. The fourth-order valence-electron chi connectivity index (χ4n) is 3.75. The Morgan fingerprint density at radius 2 is 2.11 bits per heavy atom. The van der Waals surface area contributed by atoms with E-state index >= 15 is 0 Å². The van der Waals surface area contributed by atoms with Crippen molar-refractivity contribution in [2.45, 2.75) is 58.0 Å². The summed E-state index contributed by atoms with van der Waals surface area (Å²) in [6.07, 6.45) is 4.02. The van der Waals surface area contributed by atoms with Crippen LogP contribution in [-0.4, -0.2) is 53.5 Å². The summed E-state index contributed by atoms with van der Waals surface area (Å²) < 4.78 is 0. The maximum atomic E-state index is 12.7. The van der Waals surface area contributed by atoms with Gasteiger partial charge in [-0.2, -0.15) is 0 Å². The number of nitrogens with zero attached hydrogens (tertiary/aromatic N) is 2. The van der Waals surface area contributed by atoms with Gasteiger partial charge >= 0.3 is 0 Å². The van der Waals surface area contributed by atoms with E-state index in [0.717, 1.165) is 45.4 Å². The van der Waals surface area contributed by atoms with Gasteiger partial charge in [0.2, 0.25) is 5.91 Å². The van der Waals surface area contributed by atoms with Crippen LogP contribution in [0.5, 0.6) is 0 Å². The lowest BCUT2D eigenvalue weighted by Gasteiger charge is -2.44. The molecular formula is C15H29N3O. The molecule has 1 amide bonds. The third kappa shape index (κ3) is 3.11. The Kier molecular flexibility index (Phi) is 4.51. The standard InChI is InChI=1S/C15H29N3O/c1-4-17-8-9-18(11-13(17)3)14(19)15(16)7-5-6-12(2)10-15/h12-13H,4-11,16H2,1-3H3. The minimum absolute atomic E-state index is 0.196. The van der Waals surface area contributed by atoms with Crippen LogP contribution in [0.4, 0.5) is 0 Å². The highest BCUT2D eigenvalue weighted by Gasteiger charge is 2.41. The highest BCUT2D eigenvalue weighted by atomic mass is 16.2. The van der Waals surface area contributed by atoms with Gasteiger partial charge in [0.15, 0.2) is 0 Å². The highest BCUT2D eigenvalue weighted by molar-refractivity contribution is 5.86. The van der Waals surface area contributed by atoms with Gasteiger partial charge in [-0.15, -0.1) is 0 Å². The zero-order chi connectivity index (χ0) is 14.0. The largest absolute Gasteiger partial charge is 0.338 e. The number of rotatable bonds is 2. The average Bonchev–Trinajstić information content (AvgIpc) is 2.37. The van der Waals surface area contributed by atoms with Gasteiger partial charge in [0.1, 0.15) is 0 Å². The maximum absolute atomic E-state index is 12.7. The number of piperazine rings is 1. The van der Waals surface area contributed by atoms with Gasteiger partial charge in [-0.3, -0.25) is 9.69 Å². The predicted octanol–water partition coefficient (Wildman–Crippen LogP) is 1.45. The molecule has 1 saturated heterocycles. The zero-order valence-corrected chi connectivity index (χ0v) is 12.7. The molecule has 1 saturated carbocycles. The van der Waals surface area contributed by atoms with Crippen LogP contribution in [0, 0.1) is 5.92 Å². The molecule has 19 heavy (non-hydrogen) atoms. The molecule has 1 heterocycles. The van der Waals surface area contributed by atoms with Gasteiger partial charge < -0.3 is 10.6 Å². The van der Waals surface area contributed by atoms with Gasteiger partial charge in [0.25, 0.3) is 0 Å². The maximum Gasteiger partial charge on any atom is 0.242 e. The summed E-state index contributed by atoms with van der Waals surface area (Å²) in [4.78, 5) is 17.2. The monoisotopic (exact) mass is 267 g/mol. The average molecular weight is 267 g/mol. The minimum atomic E-state index is -0.591. The molecule has 0 aromatic rings. The van der Waals surface area contributed by atoms with Crippen molar-refractivity contribution < 1.29 is 4.79 Å². The van der Waals surface area contributed by atoms with E-state index in [4.69, 9.17) is 5.73 Å². The Hall–Kier alpha value is -0.610. The first-order valence-electron chi connectivity index (χ1n) is 7.78. The summed E-state index contributed by atoms with van der Waals surface area (Å²) in [6.45, 7) is 10.3. The van der Waals surface area contributed by atoms with Crippen molar-refractivity contribution in [1.82, 2.24) is 9.80 Å². The molecule has 2 aliphatic rings. The first kappa shape index (κ1) is 14.8. The van der Waals surface area contributed by atoms with E-state index in [2.05, 4.69) is 25.7 Å². The lowest BCUT2D eigenvalue weighted by molar-refractivity contribution is -0.141. The van der Waals surface area contributed by atoms with Crippen molar-refractivity contribution in [3.63, 3.8) is 0 Å².